The molecule has 0 bridgehead atoms. The number of aryl methyl sites for hydroxylation is 1. The third kappa shape index (κ3) is 3.20. The average Bonchev–Trinajstić information content (AvgIpc) is 3.04. The molecule has 1 fully saturated rings. The van der Waals surface area contributed by atoms with E-state index in [0.717, 1.165) is 43.7 Å². The third-order valence-corrected chi connectivity index (χ3v) is 4.18. The summed E-state index contributed by atoms with van der Waals surface area (Å²) >= 11 is 0. The van der Waals surface area contributed by atoms with E-state index in [0.29, 0.717) is 12.5 Å². The van der Waals surface area contributed by atoms with Gasteiger partial charge in [0.05, 0.1) is 11.8 Å². The maximum absolute atomic E-state index is 12.6. The van der Waals surface area contributed by atoms with Gasteiger partial charge >= 0.3 is 0 Å². The first-order valence-electron chi connectivity index (χ1n) is 7.69. The van der Waals surface area contributed by atoms with E-state index in [-0.39, 0.29) is 5.91 Å². The van der Waals surface area contributed by atoms with E-state index in [1.807, 2.05) is 16.5 Å². The molecule has 2 heterocycles. The van der Waals surface area contributed by atoms with Gasteiger partial charge in [0.1, 0.15) is 0 Å². The van der Waals surface area contributed by atoms with Crippen LogP contribution >= 0.6 is 0 Å². The fraction of sp³-hybridized carbons (Fsp3) is 0.733. The summed E-state index contributed by atoms with van der Waals surface area (Å²) in [6.45, 7) is 7.39. The molecule has 112 valence electrons. The molecule has 5 nitrogen and oxygen atoms in total. The van der Waals surface area contributed by atoms with Crippen LogP contribution in [0.4, 0.5) is 0 Å². The Morgan fingerprint density at radius 3 is 3.05 bits per heavy atom. The van der Waals surface area contributed by atoms with Gasteiger partial charge in [-0.3, -0.25) is 9.48 Å². The third-order valence-electron chi connectivity index (χ3n) is 4.18. The number of nitrogens with zero attached hydrogens (tertiary/aromatic N) is 3. The van der Waals surface area contributed by atoms with Crippen molar-refractivity contribution in [2.24, 2.45) is 11.7 Å². The number of amides is 1. The highest BCUT2D eigenvalue weighted by molar-refractivity contribution is 5.95. The Morgan fingerprint density at radius 1 is 1.55 bits per heavy atom. The fourth-order valence-corrected chi connectivity index (χ4v) is 2.95. The number of carbonyl (C=O) groups excluding carboxylic acids is 1. The standard InChI is InChI=1S/C15H26N4O/c1-3-5-13-6-9-18(11-13)15(20)14-10-17-19(12(14)2)8-4-7-16/h10,13H,3-9,11,16H2,1-2H3. The topological polar surface area (TPSA) is 64.2 Å². The second-order valence-electron chi connectivity index (χ2n) is 5.70. The van der Waals surface area contributed by atoms with Gasteiger partial charge in [0.2, 0.25) is 0 Å². The van der Waals surface area contributed by atoms with Crippen molar-refractivity contribution in [2.75, 3.05) is 19.6 Å². The molecule has 1 unspecified atom stereocenters. The fourth-order valence-electron chi connectivity index (χ4n) is 2.95. The first-order chi connectivity index (χ1) is 9.67. The minimum Gasteiger partial charge on any atom is -0.338 e. The van der Waals surface area contributed by atoms with Gasteiger partial charge in [-0.25, -0.2) is 0 Å². The molecular weight excluding hydrogens is 252 g/mol. The summed E-state index contributed by atoms with van der Waals surface area (Å²) < 4.78 is 1.89. The molecule has 5 heteroatoms. The molecule has 1 aromatic rings. The van der Waals surface area contributed by atoms with Crippen molar-refractivity contribution in [1.29, 1.82) is 0 Å². The van der Waals surface area contributed by atoms with Gasteiger partial charge in [0.15, 0.2) is 0 Å². The number of aromatic nitrogens is 2. The lowest BCUT2D eigenvalue weighted by molar-refractivity contribution is 0.0785. The molecule has 20 heavy (non-hydrogen) atoms. The minimum atomic E-state index is 0.139. The lowest BCUT2D eigenvalue weighted by Gasteiger charge is -2.16. The van der Waals surface area contributed by atoms with Gasteiger partial charge in [-0.15, -0.1) is 0 Å². The van der Waals surface area contributed by atoms with Crippen molar-refractivity contribution in [3.8, 4) is 0 Å². The highest BCUT2D eigenvalue weighted by Crippen LogP contribution is 2.23. The highest BCUT2D eigenvalue weighted by Gasteiger charge is 2.28. The number of rotatable bonds is 6. The SMILES string of the molecule is CCCC1CCN(C(=O)c2cnn(CCCN)c2C)C1. The summed E-state index contributed by atoms with van der Waals surface area (Å²) in [7, 11) is 0. The van der Waals surface area contributed by atoms with E-state index < -0.39 is 0 Å². The second-order valence-corrected chi connectivity index (χ2v) is 5.70. The van der Waals surface area contributed by atoms with Gasteiger partial charge in [0, 0.05) is 25.3 Å². The van der Waals surface area contributed by atoms with Gasteiger partial charge < -0.3 is 10.6 Å². The lowest BCUT2D eigenvalue weighted by atomic mass is 10.0. The smallest absolute Gasteiger partial charge is 0.257 e. The number of hydrogen-bond donors (Lipinski definition) is 1. The zero-order chi connectivity index (χ0) is 14.5. The molecule has 1 amide bonds. The van der Waals surface area contributed by atoms with Crippen molar-refractivity contribution in [2.45, 2.75) is 46.1 Å². The molecule has 1 aromatic heterocycles. The van der Waals surface area contributed by atoms with Crippen LogP contribution in [0.5, 0.6) is 0 Å². The summed E-state index contributed by atoms with van der Waals surface area (Å²) in [4.78, 5) is 14.5. The van der Waals surface area contributed by atoms with Crippen molar-refractivity contribution in [3.63, 3.8) is 0 Å². The zero-order valence-electron chi connectivity index (χ0n) is 12.6. The molecule has 1 aliphatic heterocycles. The Bertz CT molecular complexity index is 455. The molecule has 1 saturated heterocycles. The van der Waals surface area contributed by atoms with Crippen LogP contribution in [0.2, 0.25) is 0 Å². The molecule has 0 aliphatic carbocycles. The van der Waals surface area contributed by atoms with Crippen molar-refractivity contribution in [1.82, 2.24) is 14.7 Å². The number of nitrogens with two attached hydrogens (primary N) is 1. The lowest BCUT2D eigenvalue weighted by Crippen LogP contribution is -2.29. The molecule has 2 N–H and O–H groups in total. The number of hydrogen-bond acceptors (Lipinski definition) is 3. The number of carbonyl (C=O) groups is 1. The zero-order valence-corrected chi connectivity index (χ0v) is 12.6. The maximum atomic E-state index is 12.6. The predicted molar refractivity (Wildman–Crippen MR) is 79.6 cm³/mol. The van der Waals surface area contributed by atoms with Gasteiger partial charge in [-0.1, -0.05) is 13.3 Å². The Labute approximate surface area is 121 Å². The number of likely N-dealkylation sites (tertiary alicyclic amines) is 1. The van der Waals surface area contributed by atoms with Gasteiger partial charge in [-0.2, -0.15) is 5.10 Å². The summed E-state index contributed by atoms with van der Waals surface area (Å²) in [5.41, 5.74) is 7.23. The first kappa shape index (κ1) is 15.0. The van der Waals surface area contributed by atoms with E-state index in [2.05, 4.69) is 12.0 Å². The van der Waals surface area contributed by atoms with Crippen LogP contribution in [0.25, 0.3) is 0 Å². The Kier molecular flexibility index (Phi) is 5.17. The van der Waals surface area contributed by atoms with E-state index >= 15 is 0 Å². The molecular formula is C15H26N4O. The summed E-state index contributed by atoms with van der Waals surface area (Å²) in [6, 6.07) is 0. The van der Waals surface area contributed by atoms with Crippen LogP contribution in [0, 0.1) is 12.8 Å². The monoisotopic (exact) mass is 278 g/mol. The van der Waals surface area contributed by atoms with E-state index in [4.69, 9.17) is 5.73 Å². The summed E-state index contributed by atoms with van der Waals surface area (Å²) in [5.74, 6) is 0.816. The second kappa shape index (κ2) is 6.88. The van der Waals surface area contributed by atoms with Crippen LogP contribution in [0.3, 0.4) is 0 Å². The normalized spacial score (nSPS) is 18.8. The van der Waals surface area contributed by atoms with Crippen LogP contribution in [0.1, 0.15) is 48.7 Å². The molecule has 0 aromatic carbocycles. The van der Waals surface area contributed by atoms with Gasteiger partial charge in [-0.05, 0) is 38.6 Å². The quantitative estimate of drug-likeness (QED) is 0.863. The van der Waals surface area contributed by atoms with E-state index in [1.54, 1.807) is 6.20 Å². The molecule has 0 spiro atoms. The molecule has 0 saturated carbocycles. The Hall–Kier alpha value is -1.36. The highest BCUT2D eigenvalue weighted by atomic mass is 16.2. The molecule has 0 radical (unpaired) electrons. The van der Waals surface area contributed by atoms with E-state index in [9.17, 15) is 4.79 Å². The summed E-state index contributed by atoms with van der Waals surface area (Å²) in [5, 5.41) is 4.31. The van der Waals surface area contributed by atoms with E-state index in [1.165, 1.54) is 12.8 Å². The van der Waals surface area contributed by atoms with Crippen LogP contribution in [-0.4, -0.2) is 40.2 Å². The van der Waals surface area contributed by atoms with Crippen LogP contribution in [-0.2, 0) is 6.54 Å². The van der Waals surface area contributed by atoms with Crippen LogP contribution < -0.4 is 5.73 Å². The van der Waals surface area contributed by atoms with Crippen molar-refractivity contribution in [3.05, 3.63) is 17.5 Å². The Balaban J connectivity index is 2.01. The van der Waals surface area contributed by atoms with Gasteiger partial charge in [0.25, 0.3) is 5.91 Å². The minimum absolute atomic E-state index is 0.139. The summed E-state index contributed by atoms with van der Waals surface area (Å²) in [6.07, 6.45) is 6.15. The molecule has 1 aliphatic rings. The Morgan fingerprint density at radius 2 is 2.35 bits per heavy atom. The maximum Gasteiger partial charge on any atom is 0.257 e. The molecule has 1 atom stereocenters. The first-order valence-corrected chi connectivity index (χ1v) is 7.69. The van der Waals surface area contributed by atoms with Crippen molar-refractivity contribution >= 4 is 5.91 Å². The average molecular weight is 278 g/mol. The molecule has 2 rings (SSSR count). The largest absolute Gasteiger partial charge is 0.338 e. The van der Waals surface area contributed by atoms with Crippen LogP contribution in [0.15, 0.2) is 6.20 Å². The predicted octanol–water partition coefficient (Wildman–Crippen LogP) is 1.80. The van der Waals surface area contributed by atoms with Crippen molar-refractivity contribution < 1.29 is 4.79 Å².